The van der Waals surface area contributed by atoms with Gasteiger partial charge in [-0.15, -0.1) is 0 Å². The van der Waals surface area contributed by atoms with E-state index >= 15 is 0 Å². The molecule has 0 aliphatic rings. The van der Waals surface area contributed by atoms with Crippen molar-refractivity contribution >= 4 is 33.2 Å². The predicted octanol–water partition coefficient (Wildman–Crippen LogP) is 4.22. The quantitative estimate of drug-likeness (QED) is 0.762. The van der Waals surface area contributed by atoms with Crippen LogP contribution in [0.15, 0.2) is 47.1 Å². The number of hydrogen-bond acceptors (Lipinski definition) is 2. The van der Waals surface area contributed by atoms with Crippen LogP contribution in [0, 0.1) is 6.92 Å². The highest BCUT2D eigenvalue weighted by Gasteiger charge is 2.19. The first-order valence-corrected chi connectivity index (χ1v) is 7.93. The summed E-state index contributed by atoms with van der Waals surface area (Å²) in [5.41, 5.74) is 4.06. The van der Waals surface area contributed by atoms with Gasteiger partial charge < -0.3 is 5.32 Å². The smallest absolute Gasteiger partial charge is 0.274 e. The molecule has 22 heavy (non-hydrogen) atoms. The summed E-state index contributed by atoms with van der Waals surface area (Å²) in [6.45, 7) is 4.01. The second-order valence-corrected chi connectivity index (χ2v) is 6.02. The number of halogens is 1. The lowest BCUT2D eigenvalue weighted by molar-refractivity contribution is 0.102. The number of anilines is 1. The maximum absolute atomic E-state index is 12.7. The van der Waals surface area contributed by atoms with Gasteiger partial charge in [-0.1, -0.05) is 28.9 Å². The summed E-state index contributed by atoms with van der Waals surface area (Å²) < 4.78 is 2.84. The van der Waals surface area contributed by atoms with Crippen LogP contribution in [0.3, 0.4) is 0 Å². The third-order valence-corrected chi connectivity index (χ3v) is 4.10. The Hall–Kier alpha value is -2.14. The number of imidazole rings is 1. The van der Waals surface area contributed by atoms with Gasteiger partial charge in [-0.3, -0.25) is 9.20 Å². The standard InChI is InChI=1S/C17H16BrN3O/c1-3-14-15(21-10-4-5-11(2)16(21)20-14)17(22)19-13-8-6-12(18)7-9-13/h4-10H,3H2,1-2H3,(H,19,22). The van der Waals surface area contributed by atoms with Gasteiger partial charge in [-0.25, -0.2) is 4.98 Å². The highest BCUT2D eigenvalue weighted by atomic mass is 79.9. The molecule has 0 saturated heterocycles. The number of aryl methyl sites for hydroxylation is 2. The van der Waals surface area contributed by atoms with E-state index < -0.39 is 0 Å². The van der Waals surface area contributed by atoms with Gasteiger partial charge in [0, 0.05) is 16.4 Å². The number of nitrogens with one attached hydrogen (secondary N) is 1. The molecular formula is C17H16BrN3O. The summed E-state index contributed by atoms with van der Waals surface area (Å²) >= 11 is 3.39. The number of carbonyl (C=O) groups excluding carboxylic acids is 1. The second kappa shape index (κ2) is 5.93. The minimum absolute atomic E-state index is 0.141. The summed E-state index contributed by atoms with van der Waals surface area (Å²) in [6, 6.07) is 11.5. The third-order valence-electron chi connectivity index (χ3n) is 3.57. The molecule has 1 N–H and O–H groups in total. The van der Waals surface area contributed by atoms with E-state index in [4.69, 9.17) is 0 Å². The first-order chi connectivity index (χ1) is 10.6. The van der Waals surface area contributed by atoms with Crippen LogP contribution >= 0.6 is 15.9 Å². The molecule has 0 bridgehead atoms. The predicted molar refractivity (Wildman–Crippen MR) is 91.4 cm³/mol. The Balaban J connectivity index is 2.03. The number of rotatable bonds is 3. The summed E-state index contributed by atoms with van der Waals surface area (Å²) in [7, 11) is 0. The molecule has 1 aromatic carbocycles. The number of pyridine rings is 1. The first-order valence-electron chi connectivity index (χ1n) is 7.13. The molecule has 2 aromatic heterocycles. The number of aromatic nitrogens is 2. The lowest BCUT2D eigenvalue weighted by atomic mass is 10.2. The number of hydrogen-bond donors (Lipinski definition) is 1. The Kier molecular flexibility index (Phi) is 3.98. The van der Waals surface area contributed by atoms with Crippen LogP contribution < -0.4 is 5.32 Å². The van der Waals surface area contributed by atoms with Gasteiger partial charge >= 0.3 is 0 Å². The van der Waals surface area contributed by atoms with Crippen LogP contribution in [-0.2, 0) is 6.42 Å². The molecule has 0 aliphatic carbocycles. The van der Waals surface area contributed by atoms with E-state index in [9.17, 15) is 4.79 Å². The normalized spacial score (nSPS) is 10.9. The monoisotopic (exact) mass is 357 g/mol. The zero-order valence-electron chi connectivity index (χ0n) is 12.4. The van der Waals surface area contributed by atoms with Crippen LogP contribution in [0.1, 0.15) is 28.7 Å². The molecule has 0 unspecified atom stereocenters. The molecule has 3 aromatic rings. The number of benzene rings is 1. The van der Waals surface area contributed by atoms with Crippen LogP contribution in [0.2, 0.25) is 0 Å². The lowest BCUT2D eigenvalue weighted by Crippen LogP contribution is -2.16. The molecule has 0 fully saturated rings. The number of carbonyl (C=O) groups is 1. The van der Waals surface area contributed by atoms with Crippen molar-refractivity contribution in [3.8, 4) is 0 Å². The average Bonchev–Trinajstić information content (AvgIpc) is 2.89. The molecule has 1 amide bonds. The van der Waals surface area contributed by atoms with Crippen molar-refractivity contribution in [1.82, 2.24) is 9.38 Å². The molecule has 0 radical (unpaired) electrons. The van der Waals surface area contributed by atoms with E-state index in [0.717, 1.165) is 27.1 Å². The molecule has 112 valence electrons. The lowest BCUT2D eigenvalue weighted by Gasteiger charge is -2.07. The molecule has 0 saturated carbocycles. The van der Waals surface area contributed by atoms with Crippen molar-refractivity contribution in [2.75, 3.05) is 5.32 Å². The van der Waals surface area contributed by atoms with E-state index in [1.807, 2.05) is 60.8 Å². The third kappa shape index (κ3) is 2.64. The van der Waals surface area contributed by atoms with Crippen molar-refractivity contribution in [2.24, 2.45) is 0 Å². The number of nitrogens with zero attached hydrogens (tertiary/aromatic N) is 2. The highest BCUT2D eigenvalue weighted by molar-refractivity contribution is 9.10. The second-order valence-electron chi connectivity index (χ2n) is 5.11. The zero-order chi connectivity index (χ0) is 15.7. The van der Waals surface area contributed by atoms with Gasteiger partial charge in [0.15, 0.2) is 0 Å². The highest BCUT2D eigenvalue weighted by Crippen LogP contribution is 2.19. The van der Waals surface area contributed by atoms with Gasteiger partial charge in [0.1, 0.15) is 11.3 Å². The molecule has 4 nitrogen and oxygen atoms in total. The SMILES string of the molecule is CCc1nc2c(C)cccn2c1C(=O)Nc1ccc(Br)cc1. The topological polar surface area (TPSA) is 46.4 Å². The average molecular weight is 358 g/mol. The van der Waals surface area contributed by atoms with Gasteiger partial charge in [0.05, 0.1) is 5.69 Å². The van der Waals surface area contributed by atoms with E-state index in [2.05, 4.69) is 26.2 Å². The summed E-state index contributed by atoms with van der Waals surface area (Å²) in [5, 5.41) is 2.94. The molecule has 0 atom stereocenters. The van der Waals surface area contributed by atoms with Crippen LogP contribution in [-0.4, -0.2) is 15.3 Å². The molecule has 2 heterocycles. The van der Waals surface area contributed by atoms with E-state index in [1.165, 1.54) is 0 Å². The fourth-order valence-corrected chi connectivity index (χ4v) is 2.73. The zero-order valence-corrected chi connectivity index (χ0v) is 14.0. The van der Waals surface area contributed by atoms with Gasteiger partial charge in [0.25, 0.3) is 5.91 Å². The fraction of sp³-hybridized carbons (Fsp3) is 0.176. The van der Waals surface area contributed by atoms with E-state index in [0.29, 0.717) is 12.1 Å². The Morgan fingerprint density at radius 3 is 2.68 bits per heavy atom. The Morgan fingerprint density at radius 2 is 2.00 bits per heavy atom. The van der Waals surface area contributed by atoms with Gasteiger partial charge in [-0.05, 0) is 49.2 Å². The van der Waals surface area contributed by atoms with Crippen molar-refractivity contribution in [1.29, 1.82) is 0 Å². The van der Waals surface area contributed by atoms with Crippen molar-refractivity contribution in [3.05, 3.63) is 64.0 Å². The van der Waals surface area contributed by atoms with E-state index in [-0.39, 0.29) is 5.91 Å². The maximum atomic E-state index is 12.7. The molecule has 0 aliphatic heterocycles. The Labute approximate surface area is 137 Å². The molecule has 5 heteroatoms. The Morgan fingerprint density at radius 1 is 1.27 bits per heavy atom. The minimum atomic E-state index is -0.141. The van der Waals surface area contributed by atoms with Crippen molar-refractivity contribution < 1.29 is 4.79 Å². The Bertz CT molecular complexity index is 837. The van der Waals surface area contributed by atoms with Crippen LogP contribution in [0.5, 0.6) is 0 Å². The number of fused-ring (bicyclic) bond motifs is 1. The van der Waals surface area contributed by atoms with Gasteiger partial charge in [-0.2, -0.15) is 0 Å². The van der Waals surface area contributed by atoms with Crippen LogP contribution in [0.4, 0.5) is 5.69 Å². The first kappa shape index (κ1) is 14.8. The van der Waals surface area contributed by atoms with Crippen molar-refractivity contribution in [2.45, 2.75) is 20.3 Å². The van der Waals surface area contributed by atoms with Gasteiger partial charge in [0.2, 0.25) is 0 Å². The summed E-state index contributed by atoms with van der Waals surface area (Å²) in [5.74, 6) is -0.141. The summed E-state index contributed by atoms with van der Waals surface area (Å²) in [4.78, 5) is 17.3. The number of amides is 1. The maximum Gasteiger partial charge on any atom is 0.274 e. The van der Waals surface area contributed by atoms with E-state index in [1.54, 1.807) is 0 Å². The van der Waals surface area contributed by atoms with Crippen molar-refractivity contribution in [3.63, 3.8) is 0 Å². The molecular weight excluding hydrogens is 342 g/mol. The largest absolute Gasteiger partial charge is 0.321 e. The molecule has 3 rings (SSSR count). The minimum Gasteiger partial charge on any atom is -0.321 e. The molecule has 0 spiro atoms. The van der Waals surface area contributed by atoms with Crippen LogP contribution in [0.25, 0.3) is 5.65 Å². The fourth-order valence-electron chi connectivity index (χ4n) is 2.46. The summed E-state index contributed by atoms with van der Waals surface area (Å²) in [6.07, 6.45) is 2.59.